The average molecular weight is 276 g/mol. The highest BCUT2D eigenvalue weighted by Gasteiger charge is 2.21. The molecule has 4 nitrogen and oxygen atoms in total. The molecule has 5 heteroatoms. The monoisotopic (exact) mass is 276 g/mol. The molecule has 100 valence electrons. The molecule has 1 aromatic carbocycles. The molecule has 0 saturated carbocycles. The smallest absolute Gasteiger partial charge is 0.119 e. The van der Waals surface area contributed by atoms with E-state index in [4.69, 9.17) is 9.47 Å². The molecule has 3 rings (SSSR count). The average Bonchev–Trinajstić information content (AvgIpc) is 2.94. The first-order valence-corrected chi connectivity index (χ1v) is 7.08. The van der Waals surface area contributed by atoms with Crippen molar-refractivity contribution >= 4 is 11.5 Å². The third kappa shape index (κ3) is 2.72. The van der Waals surface area contributed by atoms with Gasteiger partial charge in [-0.15, -0.1) is 0 Å². The highest BCUT2D eigenvalue weighted by Crippen LogP contribution is 2.26. The summed E-state index contributed by atoms with van der Waals surface area (Å²) in [6, 6.07) is 7.90. The van der Waals surface area contributed by atoms with Crippen molar-refractivity contribution < 1.29 is 9.47 Å². The molecule has 1 aliphatic heterocycles. The molecular weight excluding hydrogens is 260 g/mol. The van der Waals surface area contributed by atoms with E-state index in [1.54, 1.807) is 18.6 Å². The Morgan fingerprint density at radius 2 is 2.11 bits per heavy atom. The summed E-state index contributed by atoms with van der Waals surface area (Å²) in [5.74, 6) is 1.70. The maximum absolute atomic E-state index is 5.83. The first kappa shape index (κ1) is 12.4. The van der Waals surface area contributed by atoms with E-state index >= 15 is 0 Å². The lowest BCUT2D eigenvalue weighted by Gasteiger charge is -2.23. The van der Waals surface area contributed by atoms with Crippen LogP contribution in [0.25, 0.3) is 0 Å². The predicted molar refractivity (Wildman–Crippen MR) is 75.1 cm³/mol. The molecule has 0 spiro atoms. The van der Waals surface area contributed by atoms with Crippen LogP contribution < -0.4 is 14.8 Å². The summed E-state index contributed by atoms with van der Waals surface area (Å²) >= 11 is 1.59. The van der Waals surface area contributed by atoms with Gasteiger partial charge in [0.2, 0.25) is 0 Å². The standard InChI is InChI=1S/C14H16N2O2S/c1-17-10-2-4-11(5-3-10)18-9-13-12-8-16-19-14(12)6-7-15-13/h2-5,8,13,15H,6-7,9H2,1H3. The van der Waals surface area contributed by atoms with Gasteiger partial charge in [-0.05, 0) is 42.2 Å². The Labute approximate surface area is 116 Å². The van der Waals surface area contributed by atoms with E-state index in [0.717, 1.165) is 24.5 Å². The molecule has 0 saturated heterocycles. The maximum Gasteiger partial charge on any atom is 0.119 e. The van der Waals surface area contributed by atoms with Crippen LogP contribution in [0.15, 0.2) is 30.5 Å². The molecule has 2 heterocycles. The molecule has 1 N–H and O–H groups in total. The van der Waals surface area contributed by atoms with Crippen LogP contribution in [0.4, 0.5) is 0 Å². The third-order valence-corrected chi connectivity index (χ3v) is 4.14. The Morgan fingerprint density at radius 3 is 2.89 bits per heavy atom. The summed E-state index contributed by atoms with van der Waals surface area (Å²) in [4.78, 5) is 1.38. The van der Waals surface area contributed by atoms with Gasteiger partial charge in [-0.1, -0.05) is 0 Å². The highest BCUT2D eigenvalue weighted by molar-refractivity contribution is 7.05. The summed E-state index contributed by atoms with van der Waals surface area (Å²) in [6.07, 6.45) is 3.02. The number of rotatable bonds is 4. The van der Waals surface area contributed by atoms with Crippen molar-refractivity contribution in [2.75, 3.05) is 20.3 Å². The summed E-state index contributed by atoms with van der Waals surface area (Å²) in [6.45, 7) is 1.61. The lowest BCUT2D eigenvalue weighted by molar-refractivity contribution is 0.261. The zero-order valence-electron chi connectivity index (χ0n) is 10.8. The first-order chi connectivity index (χ1) is 9.36. The van der Waals surface area contributed by atoms with Crippen molar-refractivity contribution in [1.29, 1.82) is 0 Å². The minimum atomic E-state index is 0.240. The van der Waals surface area contributed by atoms with E-state index in [0.29, 0.717) is 6.61 Å². The van der Waals surface area contributed by atoms with E-state index in [2.05, 4.69) is 9.69 Å². The second kappa shape index (κ2) is 5.59. The van der Waals surface area contributed by atoms with Crippen molar-refractivity contribution in [1.82, 2.24) is 9.69 Å². The van der Waals surface area contributed by atoms with Gasteiger partial charge in [-0.25, -0.2) is 4.37 Å². The number of hydrogen-bond donors (Lipinski definition) is 1. The Hall–Kier alpha value is -1.59. The van der Waals surface area contributed by atoms with Crippen LogP contribution in [0.5, 0.6) is 11.5 Å². The molecule has 0 radical (unpaired) electrons. The highest BCUT2D eigenvalue weighted by atomic mass is 32.1. The Kier molecular flexibility index (Phi) is 3.66. The topological polar surface area (TPSA) is 43.4 Å². The van der Waals surface area contributed by atoms with E-state index in [-0.39, 0.29) is 6.04 Å². The lowest BCUT2D eigenvalue weighted by Crippen LogP contribution is -2.32. The Morgan fingerprint density at radius 1 is 1.32 bits per heavy atom. The SMILES string of the molecule is COc1ccc(OCC2NCCc3sncc32)cc1. The summed E-state index contributed by atoms with van der Waals surface area (Å²) < 4.78 is 15.2. The minimum absolute atomic E-state index is 0.240. The van der Waals surface area contributed by atoms with E-state index in [1.165, 1.54) is 10.4 Å². The van der Waals surface area contributed by atoms with Gasteiger partial charge < -0.3 is 14.8 Å². The van der Waals surface area contributed by atoms with Gasteiger partial charge in [0.1, 0.15) is 18.1 Å². The third-order valence-electron chi connectivity index (χ3n) is 3.27. The Bertz CT molecular complexity index is 539. The van der Waals surface area contributed by atoms with Gasteiger partial charge in [-0.3, -0.25) is 0 Å². The van der Waals surface area contributed by atoms with Gasteiger partial charge in [0.05, 0.1) is 13.2 Å². The molecule has 1 aliphatic rings. The van der Waals surface area contributed by atoms with Crippen molar-refractivity contribution in [2.24, 2.45) is 0 Å². The van der Waals surface area contributed by atoms with Crippen LogP contribution >= 0.6 is 11.5 Å². The van der Waals surface area contributed by atoms with Crippen LogP contribution in [0, 0.1) is 0 Å². The molecule has 1 atom stereocenters. The molecule has 0 amide bonds. The first-order valence-electron chi connectivity index (χ1n) is 6.30. The number of ether oxygens (including phenoxy) is 2. The molecular formula is C14H16N2O2S. The van der Waals surface area contributed by atoms with Crippen LogP contribution in [0.2, 0.25) is 0 Å². The number of aromatic nitrogens is 1. The zero-order chi connectivity index (χ0) is 13.1. The zero-order valence-corrected chi connectivity index (χ0v) is 11.6. The number of nitrogens with zero attached hydrogens (tertiary/aromatic N) is 1. The molecule has 0 fully saturated rings. The van der Waals surface area contributed by atoms with Crippen molar-refractivity contribution in [2.45, 2.75) is 12.5 Å². The molecule has 0 bridgehead atoms. The van der Waals surface area contributed by atoms with Gasteiger partial charge in [-0.2, -0.15) is 0 Å². The van der Waals surface area contributed by atoms with Gasteiger partial charge in [0, 0.05) is 23.2 Å². The fraction of sp³-hybridized carbons (Fsp3) is 0.357. The molecule has 1 unspecified atom stereocenters. The van der Waals surface area contributed by atoms with Crippen molar-refractivity contribution in [3.8, 4) is 11.5 Å². The normalized spacial score (nSPS) is 17.8. The predicted octanol–water partition coefficient (Wildman–Crippen LogP) is 2.42. The van der Waals surface area contributed by atoms with Crippen LogP contribution in [0.1, 0.15) is 16.5 Å². The number of hydrogen-bond acceptors (Lipinski definition) is 5. The number of benzene rings is 1. The van der Waals surface area contributed by atoms with Crippen LogP contribution in [-0.4, -0.2) is 24.6 Å². The quantitative estimate of drug-likeness (QED) is 0.931. The maximum atomic E-state index is 5.83. The van der Waals surface area contributed by atoms with Crippen LogP contribution in [-0.2, 0) is 6.42 Å². The van der Waals surface area contributed by atoms with Gasteiger partial charge >= 0.3 is 0 Å². The van der Waals surface area contributed by atoms with Gasteiger partial charge in [0.15, 0.2) is 0 Å². The summed E-state index contributed by atoms with van der Waals surface area (Å²) in [5.41, 5.74) is 1.28. The number of nitrogens with one attached hydrogen (secondary N) is 1. The summed E-state index contributed by atoms with van der Waals surface area (Å²) in [5, 5.41) is 3.47. The van der Waals surface area contributed by atoms with E-state index < -0.39 is 0 Å². The molecule has 1 aromatic heterocycles. The van der Waals surface area contributed by atoms with E-state index in [9.17, 15) is 0 Å². The largest absolute Gasteiger partial charge is 0.497 e. The van der Waals surface area contributed by atoms with Crippen molar-refractivity contribution in [3.63, 3.8) is 0 Å². The van der Waals surface area contributed by atoms with Gasteiger partial charge in [0.25, 0.3) is 0 Å². The molecule has 0 aliphatic carbocycles. The second-order valence-corrected chi connectivity index (χ2v) is 5.33. The molecule has 2 aromatic rings. The second-order valence-electron chi connectivity index (χ2n) is 4.45. The Balaban J connectivity index is 1.64. The number of fused-ring (bicyclic) bond motifs is 1. The molecule has 19 heavy (non-hydrogen) atoms. The fourth-order valence-electron chi connectivity index (χ4n) is 2.22. The summed E-state index contributed by atoms with van der Waals surface area (Å²) in [7, 11) is 1.66. The fourth-order valence-corrected chi connectivity index (χ4v) is 3.00. The lowest BCUT2D eigenvalue weighted by atomic mass is 10.0. The van der Waals surface area contributed by atoms with Crippen LogP contribution in [0.3, 0.4) is 0 Å². The number of methoxy groups -OCH3 is 1. The minimum Gasteiger partial charge on any atom is -0.497 e. The van der Waals surface area contributed by atoms with E-state index in [1.807, 2.05) is 30.5 Å². The van der Waals surface area contributed by atoms with Crippen molar-refractivity contribution in [3.05, 3.63) is 40.9 Å².